The van der Waals surface area contributed by atoms with Crippen molar-refractivity contribution in [2.45, 2.75) is 11.8 Å². The largest absolute Gasteiger partial charge is 0.342 e. The molecule has 0 N–H and O–H groups in total. The standard InChI is InChI=1S/C10H15O4PS/c1-9-4-6-10(7-5-9)16(12)8-15(11,13-2)14-3/h4-7H,8H2,1-3H3. The molecule has 1 atom stereocenters. The average Bonchev–Trinajstić information content (AvgIpc) is 2.29. The lowest BCUT2D eigenvalue weighted by Crippen LogP contribution is -2.02. The van der Waals surface area contributed by atoms with Crippen LogP contribution in [0.1, 0.15) is 5.56 Å². The smallest absolute Gasteiger partial charge is 0.311 e. The van der Waals surface area contributed by atoms with Crippen molar-refractivity contribution in [3.05, 3.63) is 29.8 Å². The highest BCUT2D eigenvalue weighted by Gasteiger charge is 2.25. The van der Waals surface area contributed by atoms with E-state index in [4.69, 9.17) is 9.05 Å². The van der Waals surface area contributed by atoms with Crippen LogP contribution < -0.4 is 0 Å². The van der Waals surface area contributed by atoms with Crippen LogP contribution in [0.4, 0.5) is 0 Å². The first-order valence-corrected chi connectivity index (χ1v) is 7.71. The van der Waals surface area contributed by atoms with Gasteiger partial charge in [0.25, 0.3) is 0 Å². The zero-order chi connectivity index (χ0) is 12.2. The molecule has 1 aromatic carbocycles. The van der Waals surface area contributed by atoms with Gasteiger partial charge in [0.15, 0.2) is 0 Å². The van der Waals surface area contributed by atoms with Gasteiger partial charge < -0.3 is 9.05 Å². The SMILES string of the molecule is COP(=O)(CS(=O)c1ccc(C)cc1)OC. The van der Waals surface area contributed by atoms with Crippen LogP contribution in [0, 0.1) is 6.92 Å². The summed E-state index contributed by atoms with van der Waals surface area (Å²) >= 11 is 0. The van der Waals surface area contributed by atoms with Crippen LogP contribution in [0.25, 0.3) is 0 Å². The van der Waals surface area contributed by atoms with Crippen LogP contribution in [-0.2, 0) is 24.4 Å². The molecule has 0 bridgehead atoms. The number of rotatable bonds is 5. The molecule has 16 heavy (non-hydrogen) atoms. The van der Waals surface area contributed by atoms with Crippen LogP contribution >= 0.6 is 7.60 Å². The normalized spacial score (nSPS) is 13.7. The van der Waals surface area contributed by atoms with Gasteiger partial charge >= 0.3 is 7.60 Å². The number of hydrogen-bond acceptors (Lipinski definition) is 4. The fourth-order valence-corrected chi connectivity index (χ4v) is 4.27. The van der Waals surface area contributed by atoms with Crippen molar-refractivity contribution in [2.75, 3.05) is 19.7 Å². The van der Waals surface area contributed by atoms with Crippen molar-refractivity contribution in [2.24, 2.45) is 0 Å². The summed E-state index contributed by atoms with van der Waals surface area (Å²) in [6.07, 6.45) is 0. The van der Waals surface area contributed by atoms with Gasteiger partial charge in [-0.15, -0.1) is 0 Å². The molecule has 0 fully saturated rings. The molecule has 1 rings (SSSR count). The van der Waals surface area contributed by atoms with E-state index in [1.54, 1.807) is 12.1 Å². The van der Waals surface area contributed by atoms with Gasteiger partial charge in [0.05, 0.1) is 10.8 Å². The fourth-order valence-electron chi connectivity index (χ4n) is 1.09. The third-order valence-electron chi connectivity index (χ3n) is 2.12. The molecule has 6 heteroatoms. The lowest BCUT2D eigenvalue weighted by atomic mass is 10.2. The molecular formula is C10H15O4PS. The van der Waals surface area contributed by atoms with E-state index in [9.17, 15) is 8.77 Å². The van der Waals surface area contributed by atoms with Gasteiger partial charge in [0.2, 0.25) is 0 Å². The molecule has 0 aromatic heterocycles. The fraction of sp³-hybridized carbons (Fsp3) is 0.400. The molecule has 0 amide bonds. The Morgan fingerprint density at radius 1 is 1.19 bits per heavy atom. The molecule has 4 nitrogen and oxygen atoms in total. The monoisotopic (exact) mass is 262 g/mol. The lowest BCUT2D eigenvalue weighted by molar-refractivity contribution is 0.280. The maximum atomic E-state index is 11.9. The third kappa shape index (κ3) is 3.52. The van der Waals surface area contributed by atoms with E-state index in [1.807, 2.05) is 19.1 Å². The molecular weight excluding hydrogens is 247 g/mol. The van der Waals surface area contributed by atoms with E-state index >= 15 is 0 Å². The molecule has 1 aromatic rings. The molecule has 0 aliphatic carbocycles. The van der Waals surface area contributed by atoms with E-state index < -0.39 is 18.4 Å². The van der Waals surface area contributed by atoms with Crippen LogP contribution in [0.2, 0.25) is 0 Å². The molecule has 0 aliphatic heterocycles. The topological polar surface area (TPSA) is 52.6 Å². The van der Waals surface area contributed by atoms with E-state index in [0.29, 0.717) is 4.90 Å². The lowest BCUT2D eigenvalue weighted by Gasteiger charge is -2.12. The number of aryl methyl sites for hydroxylation is 1. The molecule has 90 valence electrons. The summed E-state index contributed by atoms with van der Waals surface area (Å²) < 4.78 is 33.1. The maximum Gasteiger partial charge on any atom is 0.342 e. The highest BCUT2D eigenvalue weighted by Crippen LogP contribution is 2.47. The van der Waals surface area contributed by atoms with Gasteiger partial charge in [-0.2, -0.15) is 0 Å². The first-order chi connectivity index (χ1) is 7.50. The first-order valence-electron chi connectivity index (χ1n) is 4.66. The van der Waals surface area contributed by atoms with E-state index in [-0.39, 0.29) is 5.49 Å². The summed E-state index contributed by atoms with van der Waals surface area (Å²) in [5.74, 6) is 0. The van der Waals surface area contributed by atoms with Gasteiger partial charge in [-0.1, -0.05) is 17.7 Å². The molecule has 0 saturated carbocycles. The molecule has 0 radical (unpaired) electrons. The van der Waals surface area contributed by atoms with Crippen molar-refractivity contribution < 1.29 is 17.8 Å². The molecule has 0 aliphatic rings. The van der Waals surface area contributed by atoms with Crippen molar-refractivity contribution in [1.82, 2.24) is 0 Å². The second-order valence-electron chi connectivity index (χ2n) is 3.26. The third-order valence-corrected chi connectivity index (χ3v) is 6.23. The van der Waals surface area contributed by atoms with Crippen LogP contribution in [0.15, 0.2) is 29.2 Å². The minimum absolute atomic E-state index is 0.122. The Morgan fingerprint density at radius 2 is 1.69 bits per heavy atom. The Balaban J connectivity index is 2.80. The van der Waals surface area contributed by atoms with Crippen LogP contribution in [-0.4, -0.2) is 23.9 Å². The first kappa shape index (κ1) is 13.6. The van der Waals surface area contributed by atoms with Gasteiger partial charge in [0.1, 0.15) is 5.49 Å². The minimum atomic E-state index is -3.21. The summed E-state index contributed by atoms with van der Waals surface area (Å²) in [5.41, 5.74) is 0.964. The average molecular weight is 262 g/mol. The Bertz CT molecular complexity index is 407. The predicted molar refractivity (Wildman–Crippen MR) is 64.1 cm³/mol. The Kier molecular flexibility index (Phi) is 4.87. The van der Waals surface area contributed by atoms with Crippen molar-refractivity contribution in [3.63, 3.8) is 0 Å². The second-order valence-corrected chi connectivity index (χ2v) is 7.41. The van der Waals surface area contributed by atoms with Crippen LogP contribution in [0.5, 0.6) is 0 Å². The summed E-state index contributed by atoms with van der Waals surface area (Å²) in [6.45, 7) is 1.95. The van der Waals surface area contributed by atoms with E-state index in [2.05, 4.69) is 0 Å². The van der Waals surface area contributed by atoms with Crippen molar-refractivity contribution in [3.8, 4) is 0 Å². The summed E-state index contributed by atoms with van der Waals surface area (Å²) in [7, 11) is -2.01. The van der Waals surface area contributed by atoms with Crippen LogP contribution in [0.3, 0.4) is 0 Å². The summed E-state index contributed by atoms with van der Waals surface area (Å²) in [6, 6.07) is 7.22. The van der Waals surface area contributed by atoms with Gasteiger partial charge in [-0.05, 0) is 19.1 Å². The second kappa shape index (κ2) is 5.73. The van der Waals surface area contributed by atoms with Gasteiger partial charge in [0, 0.05) is 19.1 Å². The van der Waals surface area contributed by atoms with Crippen molar-refractivity contribution in [1.29, 1.82) is 0 Å². The van der Waals surface area contributed by atoms with E-state index in [0.717, 1.165) is 5.56 Å². The number of benzene rings is 1. The van der Waals surface area contributed by atoms with Gasteiger partial charge in [-0.3, -0.25) is 8.77 Å². The Labute approximate surface area is 98.0 Å². The summed E-state index contributed by atoms with van der Waals surface area (Å²) in [4.78, 5) is 0.625. The summed E-state index contributed by atoms with van der Waals surface area (Å²) in [5, 5.41) is 0. The number of hydrogen-bond donors (Lipinski definition) is 0. The Morgan fingerprint density at radius 3 is 2.12 bits per heavy atom. The zero-order valence-corrected chi connectivity index (χ0v) is 11.2. The molecule has 0 saturated heterocycles. The highest BCUT2D eigenvalue weighted by atomic mass is 32.2. The highest BCUT2D eigenvalue weighted by molar-refractivity contribution is 7.92. The molecule has 1 unspecified atom stereocenters. The van der Waals surface area contributed by atoms with Crippen molar-refractivity contribution >= 4 is 18.4 Å². The molecule has 0 spiro atoms. The zero-order valence-electron chi connectivity index (χ0n) is 9.50. The minimum Gasteiger partial charge on any atom is -0.311 e. The quantitative estimate of drug-likeness (QED) is 0.765. The molecule has 0 heterocycles. The Hall–Kier alpha value is -0.480. The maximum absolute atomic E-state index is 11.9. The van der Waals surface area contributed by atoms with E-state index in [1.165, 1.54) is 14.2 Å². The predicted octanol–water partition coefficient (Wildman–Crippen LogP) is 2.55. The van der Waals surface area contributed by atoms with Gasteiger partial charge in [-0.25, -0.2) is 0 Å².